The van der Waals surface area contributed by atoms with Crippen molar-refractivity contribution in [3.63, 3.8) is 0 Å². The minimum absolute atomic E-state index is 0.252. The molecule has 1 unspecified atom stereocenters. The molecule has 1 amide bonds. The number of carbonyl (C=O) groups excluding carboxylic acids is 1. The highest BCUT2D eigenvalue weighted by Crippen LogP contribution is 2.21. The zero-order valence-electron chi connectivity index (χ0n) is 8.53. The zero-order chi connectivity index (χ0) is 10.6. The Morgan fingerprint density at radius 3 is 2.86 bits per heavy atom. The first-order valence-corrected chi connectivity index (χ1v) is 4.87. The van der Waals surface area contributed by atoms with Gasteiger partial charge in [-0.2, -0.15) is 0 Å². The second kappa shape index (κ2) is 4.61. The van der Waals surface area contributed by atoms with Gasteiger partial charge < -0.3 is 20.5 Å². The Kier molecular flexibility index (Phi) is 3.71. The number of hydrogen-bond donors (Lipinski definition) is 2. The van der Waals surface area contributed by atoms with Crippen LogP contribution in [0.15, 0.2) is 0 Å². The van der Waals surface area contributed by atoms with Gasteiger partial charge in [0, 0.05) is 19.6 Å². The Hall–Kier alpha value is -0.810. The fraction of sp³-hybridized carbons (Fsp3) is 0.889. The number of amides is 1. The summed E-state index contributed by atoms with van der Waals surface area (Å²) in [6, 6.07) is 0. The van der Waals surface area contributed by atoms with Gasteiger partial charge in [-0.1, -0.05) is 0 Å². The van der Waals surface area contributed by atoms with E-state index >= 15 is 0 Å². The van der Waals surface area contributed by atoms with E-state index < -0.39 is 5.60 Å². The van der Waals surface area contributed by atoms with Crippen molar-refractivity contribution < 1.29 is 14.6 Å². The summed E-state index contributed by atoms with van der Waals surface area (Å²) in [4.78, 5) is 12.8. The SMILES string of the molecule is COC(=O)N1CCCC(O)(CN)CC1. The van der Waals surface area contributed by atoms with E-state index in [1.807, 2.05) is 0 Å². The van der Waals surface area contributed by atoms with Crippen molar-refractivity contribution in [2.75, 3.05) is 26.7 Å². The van der Waals surface area contributed by atoms with Crippen molar-refractivity contribution in [3.8, 4) is 0 Å². The van der Waals surface area contributed by atoms with E-state index in [4.69, 9.17) is 5.73 Å². The molecule has 0 aliphatic carbocycles. The molecule has 0 aromatic carbocycles. The third-order valence-corrected chi connectivity index (χ3v) is 2.73. The number of methoxy groups -OCH3 is 1. The molecule has 0 saturated carbocycles. The normalized spacial score (nSPS) is 28.4. The van der Waals surface area contributed by atoms with Crippen LogP contribution in [-0.4, -0.2) is 48.4 Å². The summed E-state index contributed by atoms with van der Waals surface area (Å²) >= 11 is 0. The number of ether oxygens (including phenoxy) is 1. The Bertz CT molecular complexity index is 210. The summed E-state index contributed by atoms with van der Waals surface area (Å²) in [5.74, 6) is 0. The van der Waals surface area contributed by atoms with E-state index in [0.717, 1.165) is 6.42 Å². The van der Waals surface area contributed by atoms with Crippen molar-refractivity contribution in [2.45, 2.75) is 24.9 Å². The predicted octanol–water partition coefficient (Wildman–Crippen LogP) is -0.0715. The van der Waals surface area contributed by atoms with Gasteiger partial charge in [0.05, 0.1) is 12.7 Å². The number of hydrogen-bond acceptors (Lipinski definition) is 4. The van der Waals surface area contributed by atoms with E-state index in [1.54, 1.807) is 4.90 Å². The van der Waals surface area contributed by atoms with E-state index in [-0.39, 0.29) is 12.6 Å². The number of aliphatic hydroxyl groups is 1. The monoisotopic (exact) mass is 202 g/mol. The highest BCUT2D eigenvalue weighted by molar-refractivity contribution is 5.67. The lowest BCUT2D eigenvalue weighted by Crippen LogP contribution is -2.39. The first-order valence-electron chi connectivity index (χ1n) is 4.87. The molecule has 0 radical (unpaired) electrons. The smallest absolute Gasteiger partial charge is 0.409 e. The third-order valence-electron chi connectivity index (χ3n) is 2.73. The zero-order valence-corrected chi connectivity index (χ0v) is 8.53. The molecule has 5 nitrogen and oxygen atoms in total. The van der Waals surface area contributed by atoms with Gasteiger partial charge in [-0.3, -0.25) is 0 Å². The van der Waals surface area contributed by atoms with Crippen LogP contribution in [-0.2, 0) is 4.74 Å². The molecule has 0 spiro atoms. The van der Waals surface area contributed by atoms with Gasteiger partial charge in [-0.25, -0.2) is 4.79 Å². The number of rotatable bonds is 1. The van der Waals surface area contributed by atoms with Gasteiger partial charge in [0.15, 0.2) is 0 Å². The van der Waals surface area contributed by atoms with Crippen LogP contribution in [0.5, 0.6) is 0 Å². The van der Waals surface area contributed by atoms with E-state index in [2.05, 4.69) is 4.74 Å². The first kappa shape index (κ1) is 11.3. The van der Waals surface area contributed by atoms with Gasteiger partial charge in [0.1, 0.15) is 0 Å². The van der Waals surface area contributed by atoms with Crippen LogP contribution in [0.3, 0.4) is 0 Å². The lowest BCUT2D eigenvalue weighted by molar-refractivity contribution is 0.0341. The summed E-state index contributed by atoms with van der Waals surface area (Å²) in [7, 11) is 1.36. The van der Waals surface area contributed by atoms with Gasteiger partial charge in [0.2, 0.25) is 0 Å². The van der Waals surface area contributed by atoms with Crippen molar-refractivity contribution in [1.82, 2.24) is 4.90 Å². The van der Waals surface area contributed by atoms with Crippen LogP contribution in [0, 0.1) is 0 Å². The summed E-state index contributed by atoms with van der Waals surface area (Å²) in [6.45, 7) is 1.40. The fourth-order valence-corrected chi connectivity index (χ4v) is 1.69. The molecule has 1 rings (SSSR count). The average Bonchev–Trinajstić information content (AvgIpc) is 2.40. The molecule has 0 bridgehead atoms. The number of nitrogens with two attached hydrogens (primary N) is 1. The van der Waals surface area contributed by atoms with Crippen molar-refractivity contribution in [2.24, 2.45) is 5.73 Å². The lowest BCUT2D eigenvalue weighted by Gasteiger charge is -2.24. The molecule has 0 aromatic heterocycles. The van der Waals surface area contributed by atoms with Crippen LogP contribution < -0.4 is 5.73 Å². The van der Waals surface area contributed by atoms with Crippen LogP contribution in [0.1, 0.15) is 19.3 Å². The topological polar surface area (TPSA) is 75.8 Å². The van der Waals surface area contributed by atoms with Crippen LogP contribution in [0.2, 0.25) is 0 Å². The van der Waals surface area contributed by atoms with E-state index in [1.165, 1.54) is 7.11 Å². The standard InChI is InChI=1S/C9H18N2O3/c1-14-8(12)11-5-2-3-9(13,7-10)4-6-11/h13H,2-7,10H2,1H3. The number of likely N-dealkylation sites (tertiary alicyclic amines) is 1. The molecule has 1 saturated heterocycles. The Labute approximate surface area is 83.8 Å². The molecule has 1 heterocycles. The lowest BCUT2D eigenvalue weighted by atomic mass is 9.95. The molecular weight excluding hydrogens is 184 g/mol. The van der Waals surface area contributed by atoms with Gasteiger partial charge in [-0.05, 0) is 19.3 Å². The third kappa shape index (κ3) is 2.59. The summed E-state index contributed by atoms with van der Waals surface area (Å²) in [6.07, 6.45) is 1.62. The molecule has 82 valence electrons. The second-order valence-corrected chi connectivity index (χ2v) is 3.74. The molecule has 5 heteroatoms. The maximum Gasteiger partial charge on any atom is 0.409 e. The van der Waals surface area contributed by atoms with Crippen molar-refractivity contribution >= 4 is 6.09 Å². The molecule has 1 fully saturated rings. The highest BCUT2D eigenvalue weighted by atomic mass is 16.5. The van der Waals surface area contributed by atoms with Gasteiger partial charge >= 0.3 is 6.09 Å². The first-order chi connectivity index (χ1) is 6.61. The number of carbonyl (C=O) groups is 1. The molecule has 0 aromatic rings. The minimum Gasteiger partial charge on any atom is -0.453 e. The molecule has 14 heavy (non-hydrogen) atoms. The quantitative estimate of drug-likeness (QED) is 0.624. The second-order valence-electron chi connectivity index (χ2n) is 3.74. The fourth-order valence-electron chi connectivity index (χ4n) is 1.69. The summed E-state index contributed by atoms with van der Waals surface area (Å²) in [5, 5.41) is 9.93. The van der Waals surface area contributed by atoms with Gasteiger partial charge in [0.25, 0.3) is 0 Å². The summed E-state index contributed by atoms with van der Waals surface area (Å²) < 4.78 is 4.62. The molecule has 1 atom stereocenters. The average molecular weight is 202 g/mol. The minimum atomic E-state index is -0.803. The molecule has 1 aliphatic heterocycles. The predicted molar refractivity (Wildman–Crippen MR) is 51.8 cm³/mol. The maximum absolute atomic E-state index is 11.2. The van der Waals surface area contributed by atoms with Crippen LogP contribution in [0.4, 0.5) is 4.79 Å². The summed E-state index contributed by atoms with van der Waals surface area (Å²) in [5.41, 5.74) is 4.67. The van der Waals surface area contributed by atoms with Crippen LogP contribution >= 0.6 is 0 Å². The van der Waals surface area contributed by atoms with Crippen molar-refractivity contribution in [3.05, 3.63) is 0 Å². The van der Waals surface area contributed by atoms with Crippen molar-refractivity contribution in [1.29, 1.82) is 0 Å². The Morgan fingerprint density at radius 1 is 1.57 bits per heavy atom. The van der Waals surface area contributed by atoms with Gasteiger partial charge in [-0.15, -0.1) is 0 Å². The van der Waals surface area contributed by atoms with E-state index in [0.29, 0.717) is 25.9 Å². The highest BCUT2D eigenvalue weighted by Gasteiger charge is 2.30. The Balaban J connectivity index is 2.52. The molecule has 3 N–H and O–H groups in total. The number of nitrogens with zero attached hydrogens (tertiary/aromatic N) is 1. The molecule has 1 aliphatic rings. The van der Waals surface area contributed by atoms with Crippen LogP contribution in [0.25, 0.3) is 0 Å². The Morgan fingerprint density at radius 2 is 2.29 bits per heavy atom. The van der Waals surface area contributed by atoms with E-state index in [9.17, 15) is 9.90 Å². The maximum atomic E-state index is 11.2. The largest absolute Gasteiger partial charge is 0.453 e. The molecular formula is C9H18N2O3.